The standard InChI is InChI=1S/C7H7N3O3S/c8-6(9)5-4(7(12)13)10-2(11)1-3(10)14-5/h3H,1H2,(H3,8,9)(H,12,13)/t3-/m1/s1. The molecular formula is C7H7N3O3S. The summed E-state index contributed by atoms with van der Waals surface area (Å²) in [6, 6.07) is 0. The number of carboxylic acid groups (broad SMARTS) is 1. The van der Waals surface area contributed by atoms with Gasteiger partial charge in [0.2, 0.25) is 5.91 Å². The van der Waals surface area contributed by atoms with Crippen molar-refractivity contribution in [3.8, 4) is 0 Å². The zero-order valence-corrected chi connectivity index (χ0v) is 7.80. The molecule has 2 aliphatic rings. The topological polar surface area (TPSA) is 107 Å². The normalized spacial score (nSPS) is 24.7. The van der Waals surface area contributed by atoms with Crippen molar-refractivity contribution >= 4 is 29.5 Å². The van der Waals surface area contributed by atoms with Gasteiger partial charge in [0, 0.05) is 0 Å². The molecule has 0 aromatic carbocycles. The molecule has 6 nitrogen and oxygen atoms in total. The van der Waals surface area contributed by atoms with Crippen LogP contribution in [0.5, 0.6) is 0 Å². The lowest BCUT2D eigenvalue weighted by atomic mass is 10.1. The Labute approximate surface area is 83.3 Å². The first kappa shape index (κ1) is 9.07. The number of hydrogen-bond acceptors (Lipinski definition) is 4. The Morgan fingerprint density at radius 3 is 2.79 bits per heavy atom. The third kappa shape index (κ3) is 1.02. The highest BCUT2D eigenvalue weighted by atomic mass is 32.2. The van der Waals surface area contributed by atoms with E-state index in [-0.39, 0.29) is 27.7 Å². The van der Waals surface area contributed by atoms with E-state index < -0.39 is 5.97 Å². The minimum atomic E-state index is -1.21. The van der Waals surface area contributed by atoms with Crippen LogP contribution in [0.1, 0.15) is 6.42 Å². The third-order valence-electron chi connectivity index (χ3n) is 2.06. The van der Waals surface area contributed by atoms with Crippen molar-refractivity contribution in [2.45, 2.75) is 11.8 Å². The quantitative estimate of drug-likeness (QED) is 0.326. The molecule has 0 aliphatic carbocycles. The highest BCUT2D eigenvalue weighted by Crippen LogP contribution is 2.45. The first-order chi connectivity index (χ1) is 6.52. The number of hydrogen-bond donors (Lipinski definition) is 3. The second kappa shape index (κ2) is 2.74. The van der Waals surface area contributed by atoms with Gasteiger partial charge in [-0.25, -0.2) is 4.79 Å². The first-order valence-electron chi connectivity index (χ1n) is 3.83. The van der Waals surface area contributed by atoms with Crippen LogP contribution < -0.4 is 5.73 Å². The van der Waals surface area contributed by atoms with Crippen molar-refractivity contribution in [1.82, 2.24) is 4.90 Å². The Hall–Kier alpha value is -1.50. The van der Waals surface area contributed by atoms with Gasteiger partial charge >= 0.3 is 5.97 Å². The molecule has 14 heavy (non-hydrogen) atoms. The van der Waals surface area contributed by atoms with Gasteiger partial charge < -0.3 is 10.8 Å². The summed E-state index contributed by atoms with van der Waals surface area (Å²) in [6.45, 7) is 0. The molecule has 1 amide bonds. The second-order valence-electron chi connectivity index (χ2n) is 2.94. The maximum atomic E-state index is 11.1. The summed E-state index contributed by atoms with van der Waals surface area (Å²) < 4.78 is 0. The monoisotopic (exact) mass is 213 g/mol. The number of nitrogens with zero attached hydrogens (tertiary/aromatic N) is 1. The molecule has 7 heteroatoms. The predicted molar refractivity (Wildman–Crippen MR) is 49.4 cm³/mol. The van der Waals surface area contributed by atoms with Crippen LogP contribution >= 0.6 is 11.8 Å². The van der Waals surface area contributed by atoms with Crippen LogP contribution in [0.2, 0.25) is 0 Å². The van der Waals surface area contributed by atoms with Gasteiger partial charge in [0.25, 0.3) is 0 Å². The number of carboxylic acids is 1. The van der Waals surface area contributed by atoms with Gasteiger partial charge in [-0.05, 0) is 0 Å². The van der Waals surface area contributed by atoms with Crippen LogP contribution in [0.4, 0.5) is 0 Å². The molecule has 2 aliphatic heterocycles. The Morgan fingerprint density at radius 1 is 1.71 bits per heavy atom. The molecule has 0 radical (unpaired) electrons. The summed E-state index contributed by atoms with van der Waals surface area (Å²) in [6.07, 6.45) is 0.318. The first-order valence-corrected chi connectivity index (χ1v) is 4.71. The predicted octanol–water partition coefficient (Wildman–Crippen LogP) is -0.476. The summed E-state index contributed by atoms with van der Waals surface area (Å²) in [4.78, 5) is 23.3. The van der Waals surface area contributed by atoms with Crippen LogP contribution in [-0.4, -0.2) is 33.1 Å². The largest absolute Gasteiger partial charge is 0.477 e. The van der Waals surface area contributed by atoms with E-state index in [4.69, 9.17) is 16.2 Å². The Morgan fingerprint density at radius 2 is 2.36 bits per heavy atom. The molecule has 1 saturated heterocycles. The number of fused-ring (bicyclic) bond motifs is 1. The van der Waals surface area contributed by atoms with Crippen molar-refractivity contribution in [1.29, 1.82) is 5.41 Å². The zero-order valence-electron chi connectivity index (χ0n) is 6.98. The number of rotatable bonds is 2. The lowest BCUT2D eigenvalue weighted by Gasteiger charge is -2.33. The SMILES string of the molecule is N=C(N)C1=C(C(=O)O)N2C(=O)C[C@H]2S1. The lowest BCUT2D eigenvalue weighted by molar-refractivity contribution is -0.145. The van der Waals surface area contributed by atoms with E-state index in [1.165, 1.54) is 4.90 Å². The van der Waals surface area contributed by atoms with E-state index in [0.29, 0.717) is 6.42 Å². The number of nitrogens with one attached hydrogen (secondary N) is 1. The van der Waals surface area contributed by atoms with E-state index in [9.17, 15) is 9.59 Å². The van der Waals surface area contributed by atoms with Crippen molar-refractivity contribution in [3.05, 3.63) is 10.6 Å². The average molecular weight is 213 g/mol. The number of carbonyl (C=O) groups excluding carboxylic acids is 1. The zero-order chi connectivity index (χ0) is 10.5. The Balaban J connectivity index is 2.43. The maximum Gasteiger partial charge on any atom is 0.353 e. The van der Waals surface area contributed by atoms with E-state index in [1.807, 2.05) is 0 Å². The molecule has 0 spiro atoms. The Bertz CT molecular complexity index is 390. The van der Waals surface area contributed by atoms with Gasteiger partial charge in [-0.1, -0.05) is 11.8 Å². The summed E-state index contributed by atoms with van der Waals surface area (Å²) in [5.41, 5.74) is 5.08. The summed E-state index contributed by atoms with van der Waals surface area (Å²) in [5.74, 6) is -1.73. The highest BCUT2D eigenvalue weighted by Gasteiger charge is 2.49. The van der Waals surface area contributed by atoms with Crippen molar-refractivity contribution in [2.24, 2.45) is 5.73 Å². The number of thioether (sulfide) groups is 1. The summed E-state index contributed by atoms with van der Waals surface area (Å²) in [5, 5.41) is 15.9. The van der Waals surface area contributed by atoms with E-state index in [1.54, 1.807) is 0 Å². The van der Waals surface area contributed by atoms with Crippen molar-refractivity contribution in [2.75, 3.05) is 0 Å². The molecule has 1 atom stereocenters. The van der Waals surface area contributed by atoms with Crippen LogP contribution in [0, 0.1) is 5.41 Å². The van der Waals surface area contributed by atoms with E-state index >= 15 is 0 Å². The number of amidine groups is 1. The fourth-order valence-electron chi connectivity index (χ4n) is 1.44. The average Bonchev–Trinajstić information content (AvgIpc) is 2.37. The molecule has 74 valence electrons. The Kier molecular flexibility index (Phi) is 1.78. The third-order valence-corrected chi connectivity index (χ3v) is 3.36. The fraction of sp³-hybridized carbons (Fsp3) is 0.286. The molecule has 0 aromatic rings. The molecule has 2 heterocycles. The van der Waals surface area contributed by atoms with E-state index in [0.717, 1.165) is 11.8 Å². The van der Waals surface area contributed by atoms with Crippen LogP contribution in [0.3, 0.4) is 0 Å². The fourth-order valence-corrected chi connectivity index (χ4v) is 2.69. The van der Waals surface area contributed by atoms with Gasteiger partial charge in [0.05, 0.1) is 16.7 Å². The van der Waals surface area contributed by atoms with E-state index in [2.05, 4.69) is 0 Å². The maximum absolute atomic E-state index is 11.1. The van der Waals surface area contributed by atoms with Gasteiger partial charge in [-0.3, -0.25) is 15.1 Å². The second-order valence-corrected chi connectivity index (χ2v) is 4.13. The number of carbonyl (C=O) groups is 2. The number of amides is 1. The molecule has 4 N–H and O–H groups in total. The minimum Gasteiger partial charge on any atom is -0.477 e. The molecule has 0 unspecified atom stereocenters. The van der Waals surface area contributed by atoms with Crippen LogP contribution in [0.15, 0.2) is 10.6 Å². The molecule has 2 rings (SSSR count). The molecule has 0 bridgehead atoms. The molecular weight excluding hydrogens is 206 g/mol. The van der Waals surface area contributed by atoms with Crippen molar-refractivity contribution in [3.63, 3.8) is 0 Å². The van der Waals surface area contributed by atoms with Gasteiger partial charge in [0.15, 0.2) is 0 Å². The molecule has 0 saturated carbocycles. The summed E-state index contributed by atoms with van der Waals surface area (Å²) in [7, 11) is 0. The van der Waals surface area contributed by atoms with Gasteiger partial charge in [0.1, 0.15) is 11.5 Å². The molecule has 1 fully saturated rings. The number of nitrogens with two attached hydrogens (primary N) is 1. The number of β-lactam (4-membered cyclic amide) rings is 1. The smallest absolute Gasteiger partial charge is 0.353 e. The molecule has 0 aromatic heterocycles. The van der Waals surface area contributed by atoms with Crippen LogP contribution in [0.25, 0.3) is 0 Å². The number of aliphatic carboxylic acids is 1. The lowest BCUT2D eigenvalue weighted by Crippen LogP contribution is -2.48. The van der Waals surface area contributed by atoms with Crippen LogP contribution in [-0.2, 0) is 9.59 Å². The van der Waals surface area contributed by atoms with Gasteiger partial charge in [-0.15, -0.1) is 0 Å². The van der Waals surface area contributed by atoms with Gasteiger partial charge in [-0.2, -0.15) is 0 Å². The minimum absolute atomic E-state index is 0.149. The van der Waals surface area contributed by atoms with Crippen molar-refractivity contribution < 1.29 is 14.7 Å². The summed E-state index contributed by atoms with van der Waals surface area (Å²) >= 11 is 1.16. The highest BCUT2D eigenvalue weighted by molar-refractivity contribution is 8.05.